The van der Waals surface area contributed by atoms with E-state index in [1.165, 1.54) is 0 Å². The minimum Gasteiger partial charge on any atom is -0.507 e. The topological polar surface area (TPSA) is 71.7 Å². The van der Waals surface area contributed by atoms with Crippen LogP contribution >= 0.6 is 0 Å². The molecule has 0 spiro atoms. The van der Waals surface area contributed by atoms with Crippen LogP contribution in [0, 0.1) is 27.7 Å². The molecule has 10 rings (SSSR count). The average molecular weight is 909 g/mol. The SMILES string of the molecule is Cc1cc(N(c2ccccc2)c2ccccc2)cc(C)c1-c1ccc(C=Nc2cc3ccccc3cc2N=Cc2ccc(-c3c(C)cc(N(c4ccccc4)c4ccccc4)cc3C)cc2O)c(O)c1. The van der Waals surface area contributed by atoms with Crippen LogP contribution in [-0.4, -0.2) is 22.6 Å². The maximum absolute atomic E-state index is 11.5. The van der Waals surface area contributed by atoms with Crippen LogP contribution in [0.1, 0.15) is 33.4 Å². The van der Waals surface area contributed by atoms with E-state index in [-0.39, 0.29) is 11.5 Å². The first-order chi connectivity index (χ1) is 34.2. The van der Waals surface area contributed by atoms with Gasteiger partial charge in [-0.05, 0) is 192 Å². The van der Waals surface area contributed by atoms with Gasteiger partial charge < -0.3 is 20.0 Å². The van der Waals surface area contributed by atoms with Crippen molar-refractivity contribution >= 4 is 68.7 Å². The summed E-state index contributed by atoms with van der Waals surface area (Å²) in [5, 5.41) is 25.0. The molecule has 6 nitrogen and oxygen atoms in total. The predicted molar refractivity (Wildman–Crippen MR) is 294 cm³/mol. The highest BCUT2D eigenvalue weighted by Crippen LogP contribution is 2.42. The zero-order valence-corrected chi connectivity index (χ0v) is 39.6. The maximum Gasteiger partial charge on any atom is 0.124 e. The van der Waals surface area contributed by atoms with Gasteiger partial charge in [0.1, 0.15) is 11.5 Å². The summed E-state index contributed by atoms with van der Waals surface area (Å²) in [6, 6.07) is 74.0. The highest BCUT2D eigenvalue weighted by atomic mass is 16.3. The number of anilines is 6. The molecule has 0 aliphatic heterocycles. The number of rotatable bonds is 12. The van der Waals surface area contributed by atoms with Gasteiger partial charge in [-0.25, -0.2) is 0 Å². The minimum absolute atomic E-state index is 0.125. The standard InChI is InChI=1S/C64H52N4O2/c1-43-33-57(67(53-21-9-5-10-22-53)54-23-11-6-12-24-54)34-44(2)63(43)49-29-31-51(61(69)39-49)41-65-59-37-47-19-17-18-20-48(47)38-60(59)66-42-52-32-30-50(40-62(52)70)64-45(3)35-58(36-46(64)4)68(55-25-13-7-14-26-55)56-27-15-8-16-28-56/h5-42,69-70H,1-4H3. The lowest BCUT2D eigenvalue weighted by molar-refractivity contribution is 0.474. The molecule has 0 aromatic heterocycles. The van der Waals surface area contributed by atoms with Crippen LogP contribution in [0.5, 0.6) is 11.5 Å². The van der Waals surface area contributed by atoms with Crippen molar-refractivity contribution in [2.75, 3.05) is 9.80 Å². The number of hydrogen-bond donors (Lipinski definition) is 2. The molecule has 0 saturated carbocycles. The van der Waals surface area contributed by atoms with E-state index in [0.29, 0.717) is 22.5 Å². The van der Waals surface area contributed by atoms with Crippen LogP contribution in [0.25, 0.3) is 33.0 Å². The first kappa shape index (κ1) is 44.8. The Morgan fingerprint density at radius 2 is 0.629 bits per heavy atom. The Morgan fingerprint density at radius 1 is 0.329 bits per heavy atom. The van der Waals surface area contributed by atoms with Crippen molar-refractivity contribution in [3.05, 3.63) is 252 Å². The Morgan fingerprint density at radius 3 is 0.929 bits per heavy atom. The number of aryl methyl sites for hydroxylation is 4. The molecule has 10 aromatic rings. The van der Waals surface area contributed by atoms with Crippen molar-refractivity contribution < 1.29 is 10.2 Å². The van der Waals surface area contributed by atoms with Crippen LogP contribution in [-0.2, 0) is 0 Å². The molecule has 0 heterocycles. The first-order valence-corrected chi connectivity index (χ1v) is 23.5. The summed E-state index contributed by atoms with van der Waals surface area (Å²) < 4.78 is 0. The zero-order valence-electron chi connectivity index (χ0n) is 39.6. The number of aromatic hydroxyl groups is 2. The van der Waals surface area contributed by atoms with E-state index in [1.807, 2.05) is 97.1 Å². The molecule has 0 fully saturated rings. The van der Waals surface area contributed by atoms with Gasteiger partial charge >= 0.3 is 0 Å². The number of para-hydroxylation sites is 4. The number of fused-ring (bicyclic) bond motifs is 1. The van der Waals surface area contributed by atoms with E-state index in [2.05, 4.69) is 159 Å². The summed E-state index contributed by atoms with van der Waals surface area (Å²) >= 11 is 0. The van der Waals surface area contributed by atoms with Crippen LogP contribution < -0.4 is 9.80 Å². The molecule has 10 aromatic carbocycles. The van der Waals surface area contributed by atoms with Gasteiger partial charge in [-0.3, -0.25) is 9.98 Å². The number of phenols is 2. The Balaban J connectivity index is 0.919. The molecular formula is C64H52N4O2. The molecule has 0 unspecified atom stereocenters. The van der Waals surface area contributed by atoms with Gasteiger partial charge in [0.15, 0.2) is 0 Å². The highest BCUT2D eigenvalue weighted by Gasteiger charge is 2.19. The maximum atomic E-state index is 11.5. The Kier molecular flexibility index (Phi) is 12.6. The first-order valence-electron chi connectivity index (χ1n) is 23.5. The normalized spacial score (nSPS) is 11.4. The molecule has 0 saturated heterocycles. The van der Waals surface area contributed by atoms with E-state index in [1.54, 1.807) is 12.4 Å². The molecule has 2 N–H and O–H groups in total. The molecule has 0 aliphatic rings. The molecule has 0 atom stereocenters. The predicted octanol–water partition coefficient (Wildman–Crippen LogP) is 17.3. The number of hydrogen-bond acceptors (Lipinski definition) is 6. The van der Waals surface area contributed by atoms with Gasteiger partial charge in [-0.2, -0.15) is 0 Å². The summed E-state index contributed by atoms with van der Waals surface area (Å²) in [5.74, 6) is 0.250. The Labute approximate surface area is 410 Å². The molecule has 0 amide bonds. The summed E-state index contributed by atoms with van der Waals surface area (Å²) in [4.78, 5) is 14.3. The van der Waals surface area contributed by atoms with Gasteiger partial charge in [0, 0.05) is 57.7 Å². The van der Waals surface area contributed by atoms with Crippen molar-refractivity contribution in [1.29, 1.82) is 0 Å². The largest absolute Gasteiger partial charge is 0.507 e. The van der Waals surface area contributed by atoms with E-state index in [9.17, 15) is 10.2 Å². The number of phenolic OH excluding ortho intramolecular Hbond substituents is 2. The van der Waals surface area contributed by atoms with Crippen LogP contribution in [0.2, 0.25) is 0 Å². The molecule has 70 heavy (non-hydrogen) atoms. The van der Waals surface area contributed by atoms with E-state index in [0.717, 1.165) is 89.4 Å². The lowest BCUT2D eigenvalue weighted by Crippen LogP contribution is -2.10. The number of benzene rings is 10. The number of aliphatic imine (C=N–C) groups is 2. The molecule has 6 heteroatoms. The molecule has 0 bridgehead atoms. The summed E-state index contributed by atoms with van der Waals surface area (Å²) in [6.07, 6.45) is 3.37. The quantitative estimate of drug-likeness (QED) is 0.120. The highest BCUT2D eigenvalue weighted by molar-refractivity contribution is 5.96. The fourth-order valence-corrected chi connectivity index (χ4v) is 9.57. The van der Waals surface area contributed by atoms with Gasteiger partial charge in [0.05, 0.1) is 11.4 Å². The monoisotopic (exact) mass is 908 g/mol. The van der Waals surface area contributed by atoms with Crippen molar-refractivity contribution in [2.45, 2.75) is 27.7 Å². The molecular weight excluding hydrogens is 857 g/mol. The third-order valence-electron chi connectivity index (χ3n) is 12.8. The van der Waals surface area contributed by atoms with Gasteiger partial charge in [-0.1, -0.05) is 109 Å². The summed E-state index contributed by atoms with van der Waals surface area (Å²) in [7, 11) is 0. The smallest absolute Gasteiger partial charge is 0.124 e. The second kappa shape index (κ2) is 19.7. The lowest BCUT2D eigenvalue weighted by Gasteiger charge is -2.27. The second-order valence-electron chi connectivity index (χ2n) is 17.7. The molecule has 0 aliphatic carbocycles. The lowest BCUT2D eigenvalue weighted by atomic mass is 9.93. The third-order valence-corrected chi connectivity index (χ3v) is 12.8. The fourth-order valence-electron chi connectivity index (χ4n) is 9.57. The van der Waals surface area contributed by atoms with Crippen molar-refractivity contribution in [1.82, 2.24) is 0 Å². The Bertz CT molecular complexity index is 3190. The second-order valence-corrected chi connectivity index (χ2v) is 17.7. The van der Waals surface area contributed by atoms with Gasteiger partial charge in [0.25, 0.3) is 0 Å². The average Bonchev–Trinajstić information content (AvgIpc) is 3.37. The Hall–Kier alpha value is -9.00. The van der Waals surface area contributed by atoms with Crippen molar-refractivity contribution in [3.8, 4) is 33.8 Å². The molecule has 340 valence electrons. The minimum atomic E-state index is 0.125. The van der Waals surface area contributed by atoms with E-state index < -0.39 is 0 Å². The fraction of sp³-hybridized carbons (Fsp3) is 0.0625. The number of nitrogens with zero attached hydrogens (tertiary/aromatic N) is 4. The third kappa shape index (κ3) is 9.31. The summed E-state index contributed by atoms with van der Waals surface area (Å²) in [6.45, 7) is 8.48. The van der Waals surface area contributed by atoms with E-state index in [4.69, 9.17) is 9.98 Å². The van der Waals surface area contributed by atoms with Crippen LogP contribution in [0.3, 0.4) is 0 Å². The van der Waals surface area contributed by atoms with Crippen molar-refractivity contribution in [2.24, 2.45) is 9.98 Å². The van der Waals surface area contributed by atoms with Crippen LogP contribution in [0.4, 0.5) is 45.5 Å². The summed E-state index contributed by atoms with van der Waals surface area (Å²) in [5.41, 5.74) is 17.2. The van der Waals surface area contributed by atoms with Crippen LogP contribution in [0.15, 0.2) is 228 Å². The van der Waals surface area contributed by atoms with Crippen molar-refractivity contribution in [3.63, 3.8) is 0 Å². The zero-order chi connectivity index (χ0) is 48.1. The van der Waals surface area contributed by atoms with E-state index >= 15 is 0 Å². The van der Waals surface area contributed by atoms with Gasteiger partial charge in [0.2, 0.25) is 0 Å². The van der Waals surface area contributed by atoms with Gasteiger partial charge in [-0.15, -0.1) is 0 Å². The molecule has 0 radical (unpaired) electrons.